The summed E-state index contributed by atoms with van der Waals surface area (Å²) in [6.45, 7) is 1.89. The zero-order chi connectivity index (χ0) is 21.4. The lowest BCUT2D eigenvalue weighted by Gasteiger charge is -2.26. The number of ether oxygens (including phenoxy) is 3. The molecule has 1 aromatic carbocycles. The summed E-state index contributed by atoms with van der Waals surface area (Å²) in [7, 11) is 4.70. The fourth-order valence-corrected chi connectivity index (χ4v) is 3.83. The van der Waals surface area contributed by atoms with Crippen LogP contribution in [0.4, 0.5) is 5.82 Å². The lowest BCUT2D eigenvalue weighted by molar-refractivity contribution is -0.116. The van der Waals surface area contributed by atoms with Crippen LogP contribution in [0.2, 0.25) is 5.15 Å². The number of carbonyl (C=O) groups excluding carboxylic acids is 1. The minimum atomic E-state index is -0.294. The van der Waals surface area contributed by atoms with Crippen molar-refractivity contribution >= 4 is 23.3 Å². The van der Waals surface area contributed by atoms with E-state index in [4.69, 9.17) is 25.8 Å². The van der Waals surface area contributed by atoms with Gasteiger partial charge in [-0.25, -0.2) is 0 Å². The Morgan fingerprint density at radius 2 is 1.77 bits per heavy atom. The van der Waals surface area contributed by atoms with Gasteiger partial charge >= 0.3 is 0 Å². The number of halogens is 1. The third-order valence-electron chi connectivity index (χ3n) is 5.05. The van der Waals surface area contributed by atoms with Crippen LogP contribution in [0, 0.1) is 6.92 Å². The van der Waals surface area contributed by atoms with Crippen molar-refractivity contribution in [2.75, 3.05) is 26.6 Å². The van der Waals surface area contributed by atoms with E-state index in [-0.39, 0.29) is 23.4 Å². The van der Waals surface area contributed by atoms with Crippen molar-refractivity contribution in [2.24, 2.45) is 0 Å². The molecule has 1 N–H and O–H groups in total. The van der Waals surface area contributed by atoms with Crippen LogP contribution in [0.1, 0.15) is 29.2 Å². The third kappa shape index (κ3) is 3.30. The number of fused-ring (bicyclic) bond motifs is 1. The first-order chi connectivity index (χ1) is 14.5. The molecule has 10 heteroatoms. The van der Waals surface area contributed by atoms with E-state index in [0.29, 0.717) is 28.9 Å². The molecule has 156 valence electrons. The molecular weight excluding hydrogens is 410 g/mol. The number of carbonyl (C=O) groups is 1. The number of nitrogens with one attached hydrogen (secondary N) is 1. The van der Waals surface area contributed by atoms with Gasteiger partial charge in [0.2, 0.25) is 5.91 Å². The highest BCUT2D eigenvalue weighted by molar-refractivity contribution is 6.29. The third-order valence-corrected chi connectivity index (χ3v) is 5.25. The number of rotatable bonds is 5. The summed E-state index contributed by atoms with van der Waals surface area (Å²) < 4.78 is 18.0. The molecule has 0 aliphatic carbocycles. The summed E-state index contributed by atoms with van der Waals surface area (Å²) in [6, 6.07) is 6.90. The van der Waals surface area contributed by atoms with E-state index in [0.717, 1.165) is 16.8 Å². The van der Waals surface area contributed by atoms with Gasteiger partial charge < -0.3 is 19.5 Å². The van der Waals surface area contributed by atoms with E-state index in [1.165, 1.54) is 0 Å². The van der Waals surface area contributed by atoms with Crippen LogP contribution < -0.4 is 19.5 Å². The summed E-state index contributed by atoms with van der Waals surface area (Å²) in [5.74, 6) is 2.24. The molecule has 1 aliphatic rings. The Hall–Kier alpha value is -3.33. The van der Waals surface area contributed by atoms with Gasteiger partial charge in [-0.05, 0) is 25.1 Å². The van der Waals surface area contributed by atoms with Crippen molar-refractivity contribution in [3.63, 3.8) is 0 Å². The molecule has 30 heavy (non-hydrogen) atoms. The van der Waals surface area contributed by atoms with Crippen LogP contribution in [-0.4, -0.2) is 47.2 Å². The average Bonchev–Trinajstić information content (AvgIpc) is 3.08. The van der Waals surface area contributed by atoms with Gasteiger partial charge in [-0.2, -0.15) is 9.78 Å². The first kappa shape index (κ1) is 20.0. The topological polar surface area (TPSA) is 100 Å². The molecule has 1 atom stereocenters. The molecule has 0 fully saturated rings. The largest absolute Gasteiger partial charge is 0.496 e. The molecule has 0 unspecified atom stereocenters. The van der Waals surface area contributed by atoms with Crippen molar-refractivity contribution in [1.82, 2.24) is 20.0 Å². The number of anilines is 1. The molecule has 0 saturated carbocycles. The number of aromatic nitrogens is 4. The zero-order valence-electron chi connectivity index (χ0n) is 16.9. The number of amides is 1. The van der Waals surface area contributed by atoms with Gasteiger partial charge in [0.05, 0.1) is 27.0 Å². The van der Waals surface area contributed by atoms with E-state index in [9.17, 15) is 4.79 Å². The molecule has 2 aromatic heterocycles. The van der Waals surface area contributed by atoms with Gasteiger partial charge in [-0.1, -0.05) is 11.6 Å². The van der Waals surface area contributed by atoms with Gasteiger partial charge in [-0.15, -0.1) is 10.2 Å². The van der Waals surface area contributed by atoms with Crippen LogP contribution in [0.15, 0.2) is 24.3 Å². The number of aryl methyl sites for hydroxylation is 1. The van der Waals surface area contributed by atoms with Crippen LogP contribution >= 0.6 is 11.6 Å². The predicted octanol–water partition coefficient (Wildman–Crippen LogP) is 3.12. The summed E-state index contributed by atoms with van der Waals surface area (Å²) in [6.07, 6.45) is 0.234. The standard InChI is InChI=1S/C20H20ClN5O4/c1-10-19-12(11-7-14(29-3)15(30-4)9-13(11)28-2)8-18(27)22-20(19)26(25-10)17-6-5-16(21)23-24-17/h5-7,9,12H,8H2,1-4H3,(H,22,27)/t12-/m1/s1. The van der Waals surface area contributed by atoms with E-state index in [1.807, 2.05) is 13.0 Å². The van der Waals surface area contributed by atoms with E-state index in [1.54, 1.807) is 44.2 Å². The quantitative estimate of drug-likeness (QED) is 0.664. The van der Waals surface area contributed by atoms with Crippen molar-refractivity contribution in [3.05, 3.63) is 46.2 Å². The predicted molar refractivity (Wildman–Crippen MR) is 110 cm³/mol. The number of benzene rings is 1. The van der Waals surface area contributed by atoms with Gasteiger partial charge in [0.25, 0.3) is 0 Å². The van der Waals surface area contributed by atoms with Crippen LogP contribution in [-0.2, 0) is 4.79 Å². The highest BCUT2D eigenvalue weighted by Crippen LogP contribution is 2.46. The fourth-order valence-electron chi connectivity index (χ4n) is 3.73. The summed E-state index contributed by atoms with van der Waals surface area (Å²) in [5, 5.41) is 15.7. The van der Waals surface area contributed by atoms with Gasteiger partial charge in [0.1, 0.15) is 11.6 Å². The van der Waals surface area contributed by atoms with Crippen molar-refractivity contribution in [3.8, 4) is 23.1 Å². The second-order valence-electron chi connectivity index (χ2n) is 6.73. The molecular formula is C20H20ClN5O4. The number of hydrogen-bond acceptors (Lipinski definition) is 7. The number of nitrogens with zero attached hydrogens (tertiary/aromatic N) is 4. The Morgan fingerprint density at radius 3 is 2.40 bits per heavy atom. The average molecular weight is 430 g/mol. The first-order valence-electron chi connectivity index (χ1n) is 9.15. The molecule has 0 radical (unpaired) electrons. The maximum absolute atomic E-state index is 12.6. The van der Waals surface area contributed by atoms with Crippen LogP contribution in [0.25, 0.3) is 5.82 Å². The van der Waals surface area contributed by atoms with E-state index < -0.39 is 0 Å². The fraction of sp³-hybridized carbons (Fsp3) is 0.300. The van der Waals surface area contributed by atoms with Gasteiger partial charge in [0, 0.05) is 29.5 Å². The monoisotopic (exact) mass is 429 g/mol. The van der Waals surface area contributed by atoms with Crippen LogP contribution in [0.5, 0.6) is 17.2 Å². The molecule has 0 bridgehead atoms. The molecule has 1 aliphatic heterocycles. The zero-order valence-corrected chi connectivity index (χ0v) is 17.6. The van der Waals surface area contributed by atoms with E-state index >= 15 is 0 Å². The second-order valence-corrected chi connectivity index (χ2v) is 7.12. The Bertz CT molecular complexity index is 1110. The summed E-state index contributed by atoms with van der Waals surface area (Å²) in [4.78, 5) is 12.6. The van der Waals surface area contributed by atoms with E-state index in [2.05, 4.69) is 20.6 Å². The maximum atomic E-state index is 12.6. The minimum absolute atomic E-state index is 0.146. The summed E-state index contributed by atoms with van der Waals surface area (Å²) >= 11 is 5.85. The highest BCUT2D eigenvalue weighted by Gasteiger charge is 2.35. The molecule has 3 aromatic rings. The Morgan fingerprint density at radius 1 is 1.07 bits per heavy atom. The normalized spacial score (nSPS) is 15.4. The molecule has 4 rings (SSSR count). The van der Waals surface area contributed by atoms with Crippen molar-refractivity contribution in [1.29, 1.82) is 0 Å². The lowest BCUT2D eigenvalue weighted by Crippen LogP contribution is -2.25. The molecule has 9 nitrogen and oxygen atoms in total. The highest BCUT2D eigenvalue weighted by atomic mass is 35.5. The SMILES string of the molecule is COc1cc(OC)c([C@H]2CC(=O)Nc3c2c(C)nn3-c2ccc(Cl)nn2)cc1OC. The van der Waals surface area contributed by atoms with Gasteiger partial charge in [-0.3, -0.25) is 4.79 Å². The summed E-state index contributed by atoms with van der Waals surface area (Å²) in [5.41, 5.74) is 2.43. The number of methoxy groups -OCH3 is 3. The maximum Gasteiger partial charge on any atom is 0.226 e. The molecule has 0 spiro atoms. The Balaban J connectivity index is 1.90. The minimum Gasteiger partial charge on any atom is -0.496 e. The van der Waals surface area contributed by atoms with Crippen molar-refractivity contribution in [2.45, 2.75) is 19.3 Å². The Labute approximate surface area is 177 Å². The van der Waals surface area contributed by atoms with Gasteiger partial charge in [0.15, 0.2) is 22.5 Å². The molecule has 0 saturated heterocycles. The van der Waals surface area contributed by atoms with Crippen molar-refractivity contribution < 1.29 is 19.0 Å². The molecule has 1 amide bonds. The number of hydrogen-bond donors (Lipinski definition) is 1. The second kappa shape index (κ2) is 7.83. The van der Waals surface area contributed by atoms with Crippen LogP contribution in [0.3, 0.4) is 0 Å². The smallest absolute Gasteiger partial charge is 0.226 e. The Kier molecular flexibility index (Phi) is 5.21. The molecule has 3 heterocycles. The first-order valence-corrected chi connectivity index (χ1v) is 9.53. The lowest BCUT2D eigenvalue weighted by atomic mass is 9.85.